The summed E-state index contributed by atoms with van der Waals surface area (Å²) in [5.74, 6) is -0.678. The van der Waals surface area contributed by atoms with Gasteiger partial charge in [0.15, 0.2) is 11.6 Å². The number of hydrogen-bond acceptors (Lipinski definition) is 6. The van der Waals surface area contributed by atoms with Gasteiger partial charge in [0.05, 0.1) is 10.9 Å². The Balaban J connectivity index is 1.30. The summed E-state index contributed by atoms with van der Waals surface area (Å²) in [5.41, 5.74) is 2.75. The van der Waals surface area contributed by atoms with Crippen LogP contribution in [0.1, 0.15) is 38.8 Å². The largest absolute Gasteiger partial charge is 0.325 e. The molecule has 0 spiro atoms. The van der Waals surface area contributed by atoms with Crippen LogP contribution in [0, 0.1) is 0 Å². The first-order chi connectivity index (χ1) is 16.0. The third-order valence-electron chi connectivity index (χ3n) is 5.34. The third-order valence-corrected chi connectivity index (χ3v) is 6.30. The summed E-state index contributed by atoms with van der Waals surface area (Å²) < 4.78 is 1.65. The van der Waals surface area contributed by atoms with Crippen molar-refractivity contribution in [1.29, 1.82) is 0 Å². The van der Waals surface area contributed by atoms with Gasteiger partial charge in [-0.15, -0.1) is 5.10 Å². The number of carbonyl (C=O) groups excluding carboxylic acids is 3. The van der Waals surface area contributed by atoms with Gasteiger partial charge in [-0.3, -0.25) is 14.4 Å². The van der Waals surface area contributed by atoms with E-state index in [1.54, 1.807) is 60.4 Å². The summed E-state index contributed by atoms with van der Waals surface area (Å²) >= 11 is 1.23. The molecule has 3 aromatic carbocycles. The topological polar surface area (TPSA) is 93.9 Å². The maximum Gasteiger partial charge on any atom is 0.237 e. The number of amides is 1. The smallest absolute Gasteiger partial charge is 0.237 e. The maximum atomic E-state index is 12.9. The van der Waals surface area contributed by atoms with Gasteiger partial charge in [0.2, 0.25) is 11.1 Å². The van der Waals surface area contributed by atoms with Crippen molar-refractivity contribution in [2.75, 3.05) is 5.32 Å². The van der Waals surface area contributed by atoms with Crippen molar-refractivity contribution in [2.24, 2.45) is 0 Å². The lowest BCUT2D eigenvalue weighted by molar-refractivity contribution is -0.115. The highest BCUT2D eigenvalue weighted by atomic mass is 32.2. The Bertz CT molecular complexity index is 1400. The number of ketones is 2. The van der Waals surface area contributed by atoms with Gasteiger partial charge in [-0.05, 0) is 37.3 Å². The van der Waals surface area contributed by atoms with Gasteiger partial charge >= 0.3 is 0 Å². The fraction of sp³-hybridized carbons (Fsp3) is 0.0800. The predicted molar refractivity (Wildman–Crippen MR) is 125 cm³/mol. The number of rotatable bonds is 5. The Morgan fingerprint density at radius 2 is 1.52 bits per heavy atom. The molecule has 1 aromatic heterocycles. The van der Waals surface area contributed by atoms with Crippen LogP contribution in [0.25, 0.3) is 5.69 Å². The summed E-state index contributed by atoms with van der Waals surface area (Å²) in [6.07, 6.45) is 1.60. The molecule has 1 aliphatic rings. The SMILES string of the molecule is CC(Sc1ncn(-c2ccccc2)n1)C(=O)Nc1ccc2c(c1)C(=O)c1ccccc1C2=O. The number of nitrogens with zero attached hydrogens (tertiary/aromatic N) is 3. The molecule has 1 aliphatic carbocycles. The molecule has 1 atom stereocenters. The second-order valence-corrected chi connectivity index (χ2v) is 8.83. The molecule has 0 saturated heterocycles. The number of aromatic nitrogens is 3. The zero-order chi connectivity index (χ0) is 22.9. The van der Waals surface area contributed by atoms with Crippen molar-refractivity contribution in [3.05, 3.63) is 101 Å². The number of hydrogen-bond donors (Lipinski definition) is 1. The van der Waals surface area contributed by atoms with Crippen molar-refractivity contribution in [1.82, 2.24) is 14.8 Å². The van der Waals surface area contributed by atoms with Crippen LogP contribution in [0.3, 0.4) is 0 Å². The highest BCUT2D eigenvalue weighted by Crippen LogP contribution is 2.29. The van der Waals surface area contributed by atoms with Crippen LogP contribution in [0.2, 0.25) is 0 Å². The Hall–Kier alpha value is -4.04. The molecule has 0 saturated carbocycles. The number of nitrogens with one attached hydrogen (secondary N) is 1. The number of thioether (sulfide) groups is 1. The lowest BCUT2D eigenvalue weighted by Gasteiger charge is -2.18. The van der Waals surface area contributed by atoms with E-state index in [9.17, 15) is 14.4 Å². The molecule has 162 valence electrons. The van der Waals surface area contributed by atoms with Crippen LogP contribution in [0.5, 0.6) is 0 Å². The van der Waals surface area contributed by atoms with Crippen LogP contribution >= 0.6 is 11.8 Å². The number of para-hydroxylation sites is 1. The standard InChI is InChI=1S/C25H18N4O3S/c1-15(33-25-26-14-29(28-25)17-7-3-2-4-8-17)24(32)27-16-11-12-20-21(13-16)23(31)19-10-6-5-9-18(19)22(20)30/h2-15H,1H3,(H,27,32). The third kappa shape index (κ3) is 3.96. The summed E-state index contributed by atoms with van der Waals surface area (Å²) in [5, 5.41) is 7.23. The van der Waals surface area contributed by atoms with E-state index in [1.165, 1.54) is 11.8 Å². The van der Waals surface area contributed by atoms with E-state index in [4.69, 9.17) is 0 Å². The average Bonchev–Trinajstić information content (AvgIpc) is 3.31. The van der Waals surface area contributed by atoms with E-state index >= 15 is 0 Å². The van der Waals surface area contributed by atoms with Crippen LogP contribution in [0.15, 0.2) is 84.3 Å². The van der Waals surface area contributed by atoms with Gasteiger partial charge in [-0.2, -0.15) is 0 Å². The molecular formula is C25H18N4O3S. The lowest BCUT2D eigenvalue weighted by atomic mass is 9.84. The number of anilines is 1. The van der Waals surface area contributed by atoms with Crippen LogP contribution in [-0.4, -0.2) is 37.5 Å². The summed E-state index contributed by atoms with van der Waals surface area (Å²) in [4.78, 5) is 42.7. The first-order valence-corrected chi connectivity index (χ1v) is 11.2. The van der Waals surface area contributed by atoms with Crippen LogP contribution in [-0.2, 0) is 4.79 Å². The molecule has 0 fully saturated rings. The fourth-order valence-corrected chi connectivity index (χ4v) is 4.36. The van der Waals surface area contributed by atoms with Crippen molar-refractivity contribution in [3.63, 3.8) is 0 Å². The maximum absolute atomic E-state index is 12.9. The van der Waals surface area contributed by atoms with Gasteiger partial charge in [0.25, 0.3) is 0 Å². The van der Waals surface area contributed by atoms with Gasteiger partial charge in [0.1, 0.15) is 6.33 Å². The molecule has 1 amide bonds. The molecule has 4 aromatic rings. The predicted octanol–water partition coefficient (Wildman–Crippen LogP) is 4.16. The Kier molecular flexibility index (Phi) is 5.35. The van der Waals surface area contributed by atoms with Gasteiger partial charge in [0, 0.05) is 27.9 Å². The minimum Gasteiger partial charge on any atom is -0.325 e. The van der Waals surface area contributed by atoms with E-state index in [1.807, 2.05) is 30.3 Å². The van der Waals surface area contributed by atoms with E-state index < -0.39 is 5.25 Å². The summed E-state index contributed by atoms with van der Waals surface area (Å²) in [6.45, 7) is 1.76. The van der Waals surface area contributed by atoms with Crippen molar-refractivity contribution >= 4 is 34.9 Å². The molecule has 7 nitrogen and oxygen atoms in total. The quantitative estimate of drug-likeness (QED) is 0.401. The van der Waals surface area contributed by atoms with Crippen molar-refractivity contribution in [2.45, 2.75) is 17.3 Å². The lowest BCUT2D eigenvalue weighted by Crippen LogP contribution is -2.24. The van der Waals surface area contributed by atoms with Crippen LogP contribution in [0.4, 0.5) is 5.69 Å². The Labute approximate surface area is 193 Å². The average molecular weight is 455 g/mol. The van der Waals surface area contributed by atoms with Crippen molar-refractivity contribution in [3.8, 4) is 5.69 Å². The molecule has 1 unspecified atom stereocenters. The Morgan fingerprint density at radius 3 is 2.24 bits per heavy atom. The number of fused-ring (bicyclic) bond motifs is 2. The first kappa shape index (κ1) is 20.8. The van der Waals surface area contributed by atoms with Crippen LogP contribution < -0.4 is 5.32 Å². The van der Waals surface area contributed by atoms with Crippen molar-refractivity contribution < 1.29 is 14.4 Å². The van der Waals surface area contributed by atoms with E-state index in [0.29, 0.717) is 33.1 Å². The molecule has 33 heavy (non-hydrogen) atoms. The zero-order valence-corrected chi connectivity index (χ0v) is 18.4. The second kappa shape index (κ2) is 8.48. The summed E-state index contributed by atoms with van der Waals surface area (Å²) in [7, 11) is 0. The molecule has 1 heterocycles. The highest BCUT2D eigenvalue weighted by Gasteiger charge is 2.29. The molecule has 0 aliphatic heterocycles. The van der Waals surface area contributed by atoms with E-state index in [-0.39, 0.29) is 17.5 Å². The van der Waals surface area contributed by atoms with E-state index in [2.05, 4.69) is 15.4 Å². The summed E-state index contributed by atoms with van der Waals surface area (Å²) in [6, 6.07) is 21.1. The zero-order valence-electron chi connectivity index (χ0n) is 17.6. The first-order valence-electron chi connectivity index (χ1n) is 10.3. The van der Waals surface area contributed by atoms with Gasteiger partial charge in [-0.25, -0.2) is 9.67 Å². The molecule has 0 bridgehead atoms. The molecule has 0 radical (unpaired) electrons. The highest BCUT2D eigenvalue weighted by molar-refractivity contribution is 8.00. The van der Waals surface area contributed by atoms with E-state index in [0.717, 1.165) is 5.69 Å². The van der Waals surface area contributed by atoms with Gasteiger partial charge < -0.3 is 5.32 Å². The second-order valence-electron chi connectivity index (χ2n) is 7.52. The minimum absolute atomic E-state index is 0.193. The monoisotopic (exact) mass is 454 g/mol. The molecule has 5 rings (SSSR count). The number of benzene rings is 3. The minimum atomic E-state index is -0.481. The normalized spacial score (nSPS) is 13.2. The molecule has 1 N–H and O–H groups in total. The number of carbonyl (C=O) groups is 3. The molecule has 8 heteroatoms. The molecular weight excluding hydrogens is 436 g/mol. The Morgan fingerprint density at radius 1 is 0.879 bits per heavy atom. The van der Waals surface area contributed by atoms with Gasteiger partial charge in [-0.1, -0.05) is 54.2 Å². The fourth-order valence-electron chi connectivity index (χ4n) is 3.64.